The lowest BCUT2D eigenvalue weighted by Crippen LogP contribution is -2.65. The number of aromatic nitrogens is 8. The Bertz CT molecular complexity index is 2730. The molecule has 4 aliphatic heterocycles. The third kappa shape index (κ3) is 6.75. The fraction of sp³-hybridized carbons (Fsp3) is 0.415. The van der Waals surface area contributed by atoms with Crippen molar-refractivity contribution >= 4 is 52.0 Å². The Hall–Kier alpha value is -6.61. The summed E-state index contributed by atoms with van der Waals surface area (Å²) in [7, 11) is 1.75. The number of nitrogens with zero attached hydrogens (tertiary/aromatic N) is 13. The Morgan fingerprint density at radius 3 is 2.60 bits per heavy atom. The minimum absolute atomic E-state index is 0.0000848. The number of amides is 1. The molecule has 6 bridgehead atoms. The number of rotatable bonds is 7. The van der Waals surface area contributed by atoms with Crippen LogP contribution in [0, 0.1) is 24.4 Å². The van der Waals surface area contributed by atoms with E-state index in [-0.39, 0.29) is 54.5 Å². The van der Waals surface area contributed by atoms with Gasteiger partial charge >= 0.3 is 0 Å². The number of imidazole rings is 1. The maximum Gasteiger partial charge on any atom is 0.245 e. The van der Waals surface area contributed by atoms with E-state index in [9.17, 15) is 9.18 Å². The van der Waals surface area contributed by atoms with E-state index in [2.05, 4.69) is 25.4 Å². The van der Waals surface area contributed by atoms with Gasteiger partial charge in [0.2, 0.25) is 17.8 Å². The molecule has 0 saturated carbocycles. The molecule has 322 valence electrons. The predicted octanol–water partition coefficient (Wildman–Crippen LogP) is 3.47. The second-order valence-corrected chi connectivity index (χ2v) is 16.4. The molecule has 5 atom stereocenters. The molecule has 4 aliphatic rings. The number of nitrogens with two attached hydrogens (primary N) is 2. The lowest BCUT2D eigenvalue weighted by Gasteiger charge is -2.56. The first-order valence-electron chi connectivity index (χ1n) is 20.6. The summed E-state index contributed by atoms with van der Waals surface area (Å²) in [4.78, 5) is 45.0. The highest BCUT2D eigenvalue weighted by Gasteiger charge is 2.49. The number of anilines is 3. The van der Waals surface area contributed by atoms with Crippen molar-refractivity contribution in [2.45, 2.75) is 82.4 Å². The van der Waals surface area contributed by atoms with Crippen LogP contribution in [-0.4, -0.2) is 125 Å². The molecule has 0 radical (unpaired) electrons. The van der Waals surface area contributed by atoms with Crippen molar-refractivity contribution in [3.05, 3.63) is 72.1 Å². The predicted molar refractivity (Wildman–Crippen MR) is 225 cm³/mol. The Balaban J connectivity index is 1.09. The number of hydrazone groups is 1. The highest BCUT2D eigenvalue weighted by molar-refractivity contribution is 5.94. The van der Waals surface area contributed by atoms with E-state index in [0.717, 1.165) is 24.9 Å². The van der Waals surface area contributed by atoms with E-state index in [1.807, 2.05) is 23.3 Å². The van der Waals surface area contributed by atoms with Crippen LogP contribution >= 0.6 is 0 Å². The molecule has 5 unspecified atom stereocenters. The number of aryl methyl sites for hydroxylation is 1. The summed E-state index contributed by atoms with van der Waals surface area (Å²) in [5.41, 5.74) is 8.04. The van der Waals surface area contributed by atoms with Gasteiger partial charge in [-0.05, 0) is 63.8 Å². The zero-order valence-corrected chi connectivity index (χ0v) is 34.2. The van der Waals surface area contributed by atoms with Crippen LogP contribution in [0.1, 0.15) is 38.4 Å². The number of ether oxygens (including phenoxy) is 1. The summed E-state index contributed by atoms with van der Waals surface area (Å²) in [6.07, 6.45) is 6.39. The molecule has 6 aromatic rings. The maximum absolute atomic E-state index is 15.5. The number of piperidine rings is 1. The Kier molecular flexibility index (Phi) is 9.81. The number of hydrazine groups is 1. The van der Waals surface area contributed by atoms with E-state index >= 15 is 8.78 Å². The number of fused-ring (bicyclic) bond motifs is 8. The van der Waals surface area contributed by atoms with Gasteiger partial charge in [-0.15, -0.1) is 0 Å². The standard InChI is InChI=1S/C41H45F3N16O2/c1-4-62-28-18-55(3)39(61)35-12-24(51-40-47-8-7-32(52-40)29-9-23(43)11-33-36(29)56(19-28)21(2)50-33)17-57(35)37-30-16-48-59(34-6-5-22(42)10-31(34)44)38(30)54-41(53-37)58-25-13-26(58)15-27(14-25)60(46)49-20-45/h5-11,16,20,24-28,35H,4,12-15,17-19,46H2,1-3H3,(H2,45,49)(H,47,51,52). The summed E-state index contributed by atoms with van der Waals surface area (Å²) < 4.78 is 54.4. The minimum atomic E-state index is -0.819. The summed E-state index contributed by atoms with van der Waals surface area (Å²) in [5, 5.41) is 13.9. The summed E-state index contributed by atoms with van der Waals surface area (Å²) in [6.45, 7) is 4.98. The molecule has 0 spiro atoms. The molecule has 18 nitrogen and oxygen atoms in total. The first kappa shape index (κ1) is 39.5. The van der Waals surface area contributed by atoms with E-state index in [4.69, 9.17) is 36.2 Å². The number of benzene rings is 2. The lowest BCUT2D eigenvalue weighted by atomic mass is 9.77. The average molecular weight is 851 g/mol. The summed E-state index contributed by atoms with van der Waals surface area (Å²) in [5.74, 6) is 5.77. The van der Waals surface area contributed by atoms with Gasteiger partial charge in [-0.1, -0.05) is 0 Å². The molecule has 10 rings (SSSR count). The van der Waals surface area contributed by atoms with Crippen LogP contribution in [-0.2, 0) is 16.1 Å². The number of halogens is 3. The largest absolute Gasteiger partial charge is 0.388 e. The monoisotopic (exact) mass is 850 g/mol. The fourth-order valence-electron chi connectivity index (χ4n) is 9.80. The Morgan fingerprint density at radius 2 is 1.82 bits per heavy atom. The van der Waals surface area contributed by atoms with Crippen LogP contribution in [0.2, 0.25) is 0 Å². The third-order valence-electron chi connectivity index (χ3n) is 12.5. The second-order valence-electron chi connectivity index (χ2n) is 16.4. The van der Waals surface area contributed by atoms with E-state index < -0.39 is 29.6 Å². The van der Waals surface area contributed by atoms with Crippen molar-refractivity contribution in [3.63, 3.8) is 0 Å². The smallest absolute Gasteiger partial charge is 0.245 e. The zero-order chi connectivity index (χ0) is 43.0. The molecule has 3 saturated heterocycles. The van der Waals surface area contributed by atoms with Gasteiger partial charge in [0.15, 0.2) is 11.5 Å². The lowest BCUT2D eigenvalue weighted by molar-refractivity contribution is -0.133. The van der Waals surface area contributed by atoms with Crippen LogP contribution in [0.4, 0.5) is 30.9 Å². The minimum Gasteiger partial charge on any atom is -0.388 e. The van der Waals surface area contributed by atoms with Crippen molar-refractivity contribution in [3.8, 4) is 16.9 Å². The van der Waals surface area contributed by atoms with Crippen molar-refractivity contribution in [2.24, 2.45) is 16.7 Å². The van der Waals surface area contributed by atoms with Crippen molar-refractivity contribution < 1.29 is 22.7 Å². The second kappa shape index (κ2) is 15.4. The van der Waals surface area contributed by atoms with Gasteiger partial charge in [0.25, 0.3) is 0 Å². The van der Waals surface area contributed by atoms with Gasteiger partial charge < -0.3 is 35.1 Å². The van der Waals surface area contributed by atoms with E-state index in [0.29, 0.717) is 83.6 Å². The molecular weight excluding hydrogens is 806 g/mol. The Morgan fingerprint density at radius 1 is 1.00 bits per heavy atom. The molecule has 1 amide bonds. The van der Waals surface area contributed by atoms with Crippen LogP contribution in [0.3, 0.4) is 0 Å². The van der Waals surface area contributed by atoms with E-state index in [1.54, 1.807) is 30.4 Å². The van der Waals surface area contributed by atoms with Gasteiger partial charge in [-0.25, -0.2) is 43.8 Å². The highest BCUT2D eigenvalue weighted by Crippen LogP contribution is 2.44. The molecule has 3 fully saturated rings. The van der Waals surface area contributed by atoms with E-state index in [1.165, 1.54) is 28.0 Å². The SMILES string of the molecule is CCOC1CN(C)C(=O)C2CC(CN2c2nc(N3C4CC(N(N)/N=C\N)CC3C4)nc3c2cnn3-c2ccc(F)cc2F)Nc2nccc(n2)-c2cc(F)cc3nc(C)n(c23)C1. The maximum atomic E-state index is 15.5. The van der Waals surface area contributed by atoms with Gasteiger partial charge in [0.05, 0.1) is 47.0 Å². The molecule has 21 heteroatoms. The van der Waals surface area contributed by atoms with Crippen LogP contribution < -0.4 is 26.7 Å². The van der Waals surface area contributed by atoms with Gasteiger partial charge in [-0.2, -0.15) is 20.2 Å². The van der Waals surface area contributed by atoms with Gasteiger partial charge in [0, 0.05) is 68.8 Å². The number of carbonyl (C=O) groups excluding carboxylic acids is 1. The molecule has 4 aromatic heterocycles. The molecule has 8 heterocycles. The number of nitrogens with one attached hydrogen (secondary N) is 1. The number of hydrogen-bond donors (Lipinski definition) is 3. The van der Waals surface area contributed by atoms with Crippen LogP contribution in [0.25, 0.3) is 39.0 Å². The average Bonchev–Trinajstić information content (AvgIpc) is 3.95. The number of likely N-dealkylation sites (N-methyl/N-ethyl adjacent to an activating group) is 1. The molecule has 0 aliphatic carbocycles. The highest BCUT2D eigenvalue weighted by atomic mass is 19.1. The topological polar surface area (TPSA) is 203 Å². The van der Waals surface area contributed by atoms with Crippen LogP contribution in [0.5, 0.6) is 0 Å². The summed E-state index contributed by atoms with van der Waals surface area (Å²) in [6, 6.07) is 6.70. The molecule has 2 aromatic carbocycles. The number of carbonyl (C=O) groups is 1. The molecular formula is C41H45F3N16O2. The van der Waals surface area contributed by atoms with Crippen LogP contribution in [0.15, 0.2) is 53.9 Å². The van der Waals surface area contributed by atoms with Gasteiger partial charge in [0.1, 0.15) is 41.3 Å². The van der Waals surface area contributed by atoms with Crippen molar-refractivity contribution in [1.29, 1.82) is 0 Å². The quantitative estimate of drug-likeness (QED) is 0.0912. The first-order chi connectivity index (χ1) is 30.0. The fourth-order valence-corrected chi connectivity index (χ4v) is 9.80. The number of hydrogen-bond acceptors (Lipinski definition) is 14. The first-order valence-corrected chi connectivity index (χ1v) is 20.6. The van der Waals surface area contributed by atoms with Gasteiger partial charge in [-0.3, -0.25) is 4.79 Å². The van der Waals surface area contributed by atoms with Crippen molar-refractivity contribution in [2.75, 3.05) is 41.9 Å². The van der Waals surface area contributed by atoms with Crippen molar-refractivity contribution in [1.82, 2.24) is 49.3 Å². The molecule has 5 N–H and O–H groups in total. The molecule has 62 heavy (non-hydrogen) atoms. The zero-order valence-electron chi connectivity index (χ0n) is 34.2. The normalized spacial score (nSPS) is 23.8. The Labute approximate surface area is 353 Å². The third-order valence-corrected chi connectivity index (χ3v) is 12.5. The summed E-state index contributed by atoms with van der Waals surface area (Å²) >= 11 is 0.